The number of benzene rings is 4. The number of fused-ring (bicyclic) bond motifs is 1. The number of imide groups is 1. The fraction of sp³-hybridized carbons (Fsp3) is 0.308. The minimum absolute atomic E-state index is 0.0221. The van der Waals surface area contributed by atoms with E-state index in [2.05, 4.69) is 26.1 Å². The fourth-order valence-corrected chi connectivity index (χ4v) is 5.84. The van der Waals surface area contributed by atoms with Crippen LogP contribution in [0.25, 0.3) is 11.1 Å². The first-order chi connectivity index (χ1) is 22.4. The summed E-state index contributed by atoms with van der Waals surface area (Å²) >= 11 is 0. The number of carbonyl (C=O) groups is 3. The number of nitrogens with one attached hydrogen (secondary N) is 1. The van der Waals surface area contributed by atoms with Crippen molar-refractivity contribution in [3.8, 4) is 22.6 Å². The molecule has 1 aliphatic heterocycles. The second-order valence-electron chi connectivity index (χ2n) is 13.4. The number of hydrogen-bond donors (Lipinski definition) is 2. The van der Waals surface area contributed by atoms with Gasteiger partial charge in [-0.25, -0.2) is 4.79 Å². The van der Waals surface area contributed by atoms with E-state index in [1.165, 1.54) is 5.56 Å². The molecule has 244 valence electrons. The van der Waals surface area contributed by atoms with Gasteiger partial charge >= 0.3 is 18.1 Å². The van der Waals surface area contributed by atoms with Gasteiger partial charge in [0.1, 0.15) is 30.7 Å². The molecule has 8 heteroatoms. The highest BCUT2D eigenvalue weighted by Crippen LogP contribution is 2.33. The molecular weight excluding hydrogens is 592 g/mol. The zero-order valence-electron chi connectivity index (χ0n) is 27.7. The normalized spacial score (nSPS) is 16.6. The van der Waals surface area contributed by atoms with Crippen LogP contribution in [0.1, 0.15) is 62.8 Å². The summed E-state index contributed by atoms with van der Waals surface area (Å²) in [5.41, 5.74) is 5.56. The van der Waals surface area contributed by atoms with Crippen LogP contribution >= 0.6 is 0 Å². The molecule has 4 aromatic carbocycles. The van der Waals surface area contributed by atoms with Gasteiger partial charge in [0.05, 0.1) is 5.92 Å². The van der Waals surface area contributed by atoms with Crippen molar-refractivity contribution in [1.29, 1.82) is 0 Å². The number of urea groups is 1. The third-order valence-electron chi connectivity index (χ3n) is 8.59. The van der Waals surface area contributed by atoms with Crippen LogP contribution in [0.2, 0.25) is 0 Å². The van der Waals surface area contributed by atoms with Crippen molar-refractivity contribution >= 4 is 18.1 Å². The number of nitrogens with zero attached hydrogens (tertiary/aromatic N) is 1. The van der Waals surface area contributed by atoms with Gasteiger partial charge in [0.15, 0.2) is 0 Å². The number of ether oxygens (including phenoxy) is 2. The third kappa shape index (κ3) is 7.72. The molecule has 1 aliphatic rings. The zero-order chi connectivity index (χ0) is 33.8. The van der Waals surface area contributed by atoms with E-state index >= 15 is 0 Å². The Bertz CT molecular complexity index is 1730. The van der Waals surface area contributed by atoms with Gasteiger partial charge in [-0.2, -0.15) is 4.79 Å². The van der Waals surface area contributed by atoms with Crippen molar-refractivity contribution in [3.63, 3.8) is 0 Å². The van der Waals surface area contributed by atoms with Crippen LogP contribution in [0.15, 0.2) is 97.1 Å². The molecule has 47 heavy (non-hydrogen) atoms. The maximum atomic E-state index is 14.0. The van der Waals surface area contributed by atoms with Gasteiger partial charge in [-0.05, 0) is 71.3 Å². The SMILES string of the molecule is CC(C)OC(=O)[N+]1(C(=O)NCC(C(=O)O)c2ccc(-c3ccccc3)cc2)CCc2ccc(Oc3ccc(C(C)(C)C)cc3)cc2C1. The quantitative estimate of drug-likeness (QED) is 0.189. The van der Waals surface area contributed by atoms with Gasteiger partial charge in [0.2, 0.25) is 0 Å². The van der Waals surface area contributed by atoms with E-state index in [0.29, 0.717) is 23.5 Å². The van der Waals surface area contributed by atoms with E-state index in [4.69, 9.17) is 9.47 Å². The van der Waals surface area contributed by atoms with Crippen LogP contribution in [0.3, 0.4) is 0 Å². The Balaban J connectivity index is 1.35. The topological polar surface area (TPSA) is 102 Å². The summed E-state index contributed by atoms with van der Waals surface area (Å²) < 4.78 is 11.1. The largest absolute Gasteiger partial charge is 0.525 e. The molecule has 5 rings (SSSR count). The molecule has 0 spiro atoms. The summed E-state index contributed by atoms with van der Waals surface area (Å²) in [6, 6.07) is 30.1. The molecule has 0 aliphatic carbocycles. The number of quaternary nitrogens is 1. The Labute approximate surface area is 276 Å². The second-order valence-corrected chi connectivity index (χ2v) is 13.4. The molecule has 2 unspecified atom stereocenters. The van der Waals surface area contributed by atoms with Gasteiger partial charge in [-0.1, -0.05) is 93.6 Å². The fourth-order valence-electron chi connectivity index (χ4n) is 5.84. The van der Waals surface area contributed by atoms with Gasteiger partial charge < -0.3 is 19.9 Å². The number of hydrogen-bond acceptors (Lipinski definition) is 5. The Morgan fingerprint density at radius 1 is 0.830 bits per heavy atom. The van der Waals surface area contributed by atoms with E-state index in [9.17, 15) is 19.5 Å². The molecule has 0 saturated heterocycles. The molecule has 0 fully saturated rings. The first kappa shape index (κ1) is 33.4. The van der Waals surface area contributed by atoms with Crippen LogP contribution in [-0.2, 0) is 27.9 Å². The molecule has 2 N–H and O–H groups in total. The van der Waals surface area contributed by atoms with E-state index < -0.39 is 34.6 Å². The van der Waals surface area contributed by atoms with Gasteiger partial charge in [-0.3, -0.25) is 4.79 Å². The van der Waals surface area contributed by atoms with Gasteiger partial charge in [0.25, 0.3) is 0 Å². The first-order valence-corrected chi connectivity index (χ1v) is 16.0. The number of carboxylic acids is 1. The highest BCUT2D eigenvalue weighted by atomic mass is 16.6. The summed E-state index contributed by atoms with van der Waals surface area (Å²) in [7, 11) is 0. The van der Waals surface area contributed by atoms with Crippen molar-refractivity contribution in [2.24, 2.45) is 0 Å². The third-order valence-corrected chi connectivity index (χ3v) is 8.59. The molecule has 0 aromatic heterocycles. The van der Waals surface area contributed by atoms with Crippen LogP contribution in [0, 0.1) is 0 Å². The number of amides is 3. The van der Waals surface area contributed by atoms with Gasteiger partial charge in [-0.15, -0.1) is 4.48 Å². The Morgan fingerprint density at radius 2 is 1.47 bits per heavy atom. The van der Waals surface area contributed by atoms with Crippen molar-refractivity contribution < 1.29 is 33.4 Å². The summed E-state index contributed by atoms with van der Waals surface area (Å²) in [5, 5.41) is 12.9. The van der Waals surface area contributed by atoms with Crippen LogP contribution in [0.4, 0.5) is 9.59 Å². The average Bonchev–Trinajstić information content (AvgIpc) is 3.04. The maximum absolute atomic E-state index is 14.0. The van der Waals surface area contributed by atoms with E-state index in [1.54, 1.807) is 26.0 Å². The first-order valence-electron chi connectivity index (χ1n) is 16.0. The highest BCUT2D eigenvalue weighted by molar-refractivity contribution is 5.82. The summed E-state index contributed by atoms with van der Waals surface area (Å²) in [4.78, 5) is 40.0. The molecule has 4 aromatic rings. The lowest BCUT2D eigenvalue weighted by molar-refractivity contribution is -0.794. The van der Waals surface area contributed by atoms with Gasteiger partial charge in [0, 0.05) is 18.5 Å². The number of aliphatic carboxylic acids is 1. The smallest absolute Gasteiger partial charge is 0.481 e. The lowest BCUT2D eigenvalue weighted by Gasteiger charge is -2.36. The number of rotatable bonds is 8. The number of carboxylic acid groups (broad SMARTS) is 1. The lowest BCUT2D eigenvalue weighted by atomic mass is 9.87. The van der Waals surface area contributed by atoms with Crippen molar-refractivity contribution in [2.45, 2.75) is 65.0 Å². The molecule has 1 heterocycles. The summed E-state index contributed by atoms with van der Waals surface area (Å²) in [5.74, 6) is -0.806. The number of carbonyl (C=O) groups excluding carboxylic acids is 2. The lowest BCUT2D eigenvalue weighted by Crippen LogP contribution is -2.63. The Kier molecular flexibility index (Phi) is 9.82. The summed E-state index contributed by atoms with van der Waals surface area (Å²) in [6.07, 6.45) is -0.654. The zero-order valence-corrected chi connectivity index (χ0v) is 27.7. The minimum atomic E-state index is -1.07. The van der Waals surface area contributed by atoms with Crippen LogP contribution in [-0.4, -0.2) is 46.9 Å². The van der Waals surface area contributed by atoms with E-state index in [0.717, 1.165) is 22.3 Å². The average molecular weight is 636 g/mol. The van der Waals surface area contributed by atoms with Crippen molar-refractivity contribution in [2.75, 3.05) is 13.1 Å². The van der Waals surface area contributed by atoms with Crippen molar-refractivity contribution in [1.82, 2.24) is 5.32 Å². The van der Waals surface area contributed by atoms with E-state index in [-0.39, 0.29) is 25.0 Å². The second kappa shape index (κ2) is 13.8. The monoisotopic (exact) mass is 635 g/mol. The maximum Gasteiger partial charge on any atom is 0.525 e. The molecule has 3 amide bonds. The molecule has 0 saturated carbocycles. The van der Waals surface area contributed by atoms with E-state index in [1.807, 2.05) is 84.9 Å². The van der Waals surface area contributed by atoms with Crippen molar-refractivity contribution in [3.05, 3.63) is 119 Å². The Morgan fingerprint density at radius 3 is 2.09 bits per heavy atom. The standard InChI is InChI=1S/C39H42N2O6/c1-26(2)46-38(45)41(37(44)40-24-35(36(42)43)30-13-11-28(12-14-30)27-9-7-6-8-10-27)22-21-29-15-18-34(23-31(29)25-41)47-33-19-16-32(17-20-33)39(3,4)5/h6-20,23,26,35H,21-22,24-25H2,1-5H3,(H-,40,42,43,44)/p+1. The molecular formula is C39H43N2O6+. The van der Waals surface area contributed by atoms with Crippen LogP contribution in [0.5, 0.6) is 11.5 Å². The summed E-state index contributed by atoms with van der Waals surface area (Å²) in [6.45, 7) is 9.99. The molecule has 0 radical (unpaired) electrons. The minimum Gasteiger partial charge on any atom is -0.481 e. The highest BCUT2D eigenvalue weighted by Gasteiger charge is 2.50. The van der Waals surface area contributed by atoms with Crippen LogP contribution < -0.4 is 10.1 Å². The predicted molar refractivity (Wildman–Crippen MR) is 181 cm³/mol. The molecule has 8 nitrogen and oxygen atoms in total. The molecule has 0 bridgehead atoms. The molecule has 2 atom stereocenters. The predicted octanol–water partition coefficient (Wildman–Crippen LogP) is 8.44. The Hall–Kier alpha value is -4.95.